The largest absolute Gasteiger partial charge is 0.370 e. The SMILES string of the molecule is Cc1nnc(CCNC(=O)c2cc3c(s2)CCOC32CCNCC2)s1. The van der Waals surface area contributed by atoms with E-state index in [0.717, 1.165) is 60.3 Å². The van der Waals surface area contributed by atoms with E-state index in [9.17, 15) is 4.79 Å². The van der Waals surface area contributed by atoms with Gasteiger partial charge in [0.05, 0.1) is 17.1 Å². The third-order valence-electron chi connectivity index (χ3n) is 4.83. The van der Waals surface area contributed by atoms with Crippen molar-refractivity contribution in [2.45, 2.75) is 38.2 Å². The second-order valence-electron chi connectivity index (χ2n) is 6.51. The van der Waals surface area contributed by atoms with Gasteiger partial charge in [0.25, 0.3) is 5.91 Å². The van der Waals surface area contributed by atoms with Crippen LogP contribution in [0, 0.1) is 6.92 Å². The van der Waals surface area contributed by atoms with Crippen molar-refractivity contribution in [2.24, 2.45) is 0 Å². The summed E-state index contributed by atoms with van der Waals surface area (Å²) in [4.78, 5) is 14.7. The lowest BCUT2D eigenvalue weighted by Gasteiger charge is -2.40. The van der Waals surface area contributed by atoms with Crippen molar-refractivity contribution in [1.29, 1.82) is 0 Å². The fourth-order valence-corrected chi connectivity index (χ4v) is 5.44. The standard InChI is InChI=1S/C17H22N4O2S2/c1-11-20-21-15(24-11)2-6-19-16(22)14-10-12-13(25-14)3-9-23-17(12)4-7-18-8-5-17/h10,18H,2-9H2,1H3,(H,19,22). The summed E-state index contributed by atoms with van der Waals surface area (Å²) in [6.45, 7) is 5.22. The highest BCUT2D eigenvalue weighted by Crippen LogP contribution is 2.43. The Morgan fingerprint density at radius 3 is 2.96 bits per heavy atom. The summed E-state index contributed by atoms with van der Waals surface area (Å²) in [6, 6.07) is 2.06. The number of piperidine rings is 1. The average Bonchev–Trinajstić information content (AvgIpc) is 3.23. The lowest BCUT2D eigenvalue weighted by Crippen LogP contribution is -2.44. The number of aryl methyl sites for hydroxylation is 1. The number of carbonyl (C=O) groups is 1. The van der Waals surface area contributed by atoms with Gasteiger partial charge in [0, 0.05) is 24.3 Å². The molecular weight excluding hydrogens is 356 g/mol. The van der Waals surface area contributed by atoms with Gasteiger partial charge in [-0.25, -0.2) is 0 Å². The van der Waals surface area contributed by atoms with Crippen molar-refractivity contribution in [3.05, 3.63) is 31.4 Å². The van der Waals surface area contributed by atoms with Crippen molar-refractivity contribution in [2.75, 3.05) is 26.2 Å². The number of nitrogens with one attached hydrogen (secondary N) is 2. The molecule has 134 valence electrons. The number of carbonyl (C=O) groups excluding carboxylic acids is 1. The monoisotopic (exact) mass is 378 g/mol. The summed E-state index contributed by atoms with van der Waals surface area (Å²) in [5.74, 6) is 0.00437. The average molecular weight is 379 g/mol. The minimum atomic E-state index is -0.183. The third-order valence-corrected chi connectivity index (χ3v) is 6.93. The first-order valence-corrected chi connectivity index (χ1v) is 10.3. The molecule has 0 bridgehead atoms. The van der Waals surface area contributed by atoms with Crippen LogP contribution in [-0.4, -0.2) is 42.3 Å². The summed E-state index contributed by atoms with van der Waals surface area (Å²) < 4.78 is 6.19. The number of rotatable bonds is 4. The number of aromatic nitrogens is 2. The molecule has 2 aromatic rings. The first-order chi connectivity index (χ1) is 12.2. The van der Waals surface area contributed by atoms with Crippen LogP contribution < -0.4 is 10.6 Å². The van der Waals surface area contributed by atoms with E-state index in [-0.39, 0.29) is 11.5 Å². The Labute approximate surface area is 155 Å². The summed E-state index contributed by atoms with van der Waals surface area (Å²) >= 11 is 3.20. The van der Waals surface area contributed by atoms with Gasteiger partial charge in [0.15, 0.2) is 0 Å². The molecule has 4 rings (SSSR count). The van der Waals surface area contributed by atoms with Gasteiger partial charge in [-0.2, -0.15) is 0 Å². The predicted molar refractivity (Wildman–Crippen MR) is 98.4 cm³/mol. The maximum Gasteiger partial charge on any atom is 0.261 e. The molecule has 6 nitrogen and oxygen atoms in total. The minimum Gasteiger partial charge on any atom is -0.370 e. The van der Waals surface area contributed by atoms with Crippen LogP contribution in [0.25, 0.3) is 0 Å². The number of amides is 1. The van der Waals surface area contributed by atoms with Crippen LogP contribution in [0.4, 0.5) is 0 Å². The normalized spacial score (nSPS) is 18.9. The zero-order valence-corrected chi connectivity index (χ0v) is 15.9. The topological polar surface area (TPSA) is 76.1 Å². The molecule has 2 aromatic heterocycles. The maximum atomic E-state index is 12.5. The zero-order valence-electron chi connectivity index (χ0n) is 14.3. The van der Waals surface area contributed by atoms with E-state index in [2.05, 4.69) is 26.9 Å². The van der Waals surface area contributed by atoms with Crippen molar-refractivity contribution in [3.8, 4) is 0 Å². The van der Waals surface area contributed by atoms with Crippen LogP contribution in [0.2, 0.25) is 0 Å². The van der Waals surface area contributed by atoms with Crippen molar-refractivity contribution >= 4 is 28.6 Å². The molecule has 0 radical (unpaired) electrons. The van der Waals surface area contributed by atoms with Gasteiger partial charge in [-0.05, 0) is 44.5 Å². The molecular formula is C17H22N4O2S2. The second-order valence-corrected chi connectivity index (χ2v) is 8.91. The highest BCUT2D eigenvalue weighted by molar-refractivity contribution is 7.14. The Hall–Kier alpha value is -1.35. The zero-order chi connectivity index (χ0) is 17.3. The van der Waals surface area contributed by atoms with Crippen molar-refractivity contribution < 1.29 is 9.53 Å². The summed E-state index contributed by atoms with van der Waals surface area (Å²) in [7, 11) is 0. The number of ether oxygens (including phenoxy) is 1. The van der Waals surface area contributed by atoms with E-state index < -0.39 is 0 Å². The van der Waals surface area contributed by atoms with Gasteiger partial charge in [0.1, 0.15) is 10.0 Å². The Morgan fingerprint density at radius 1 is 1.36 bits per heavy atom. The van der Waals surface area contributed by atoms with Crippen LogP contribution in [0.1, 0.15) is 43.0 Å². The quantitative estimate of drug-likeness (QED) is 0.851. The molecule has 0 aromatic carbocycles. The van der Waals surface area contributed by atoms with Crippen molar-refractivity contribution in [3.63, 3.8) is 0 Å². The molecule has 2 aliphatic rings. The van der Waals surface area contributed by atoms with Crippen LogP contribution >= 0.6 is 22.7 Å². The number of hydrogen-bond acceptors (Lipinski definition) is 7. The lowest BCUT2D eigenvalue weighted by molar-refractivity contribution is -0.0792. The molecule has 25 heavy (non-hydrogen) atoms. The Kier molecular flexibility index (Phi) is 4.86. The molecule has 2 aliphatic heterocycles. The highest BCUT2D eigenvalue weighted by atomic mass is 32.1. The number of nitrogens with zero attached hydrogens (tertiary/aromatic N) is 2. The number of hydrogen-bond donors (Lipinski definition) is 2. The molecule has 4 heterocycles. The van der Waals surface area contributed by atoms with Crippen LogP contribution in [0.3, 0.4) is 0 Å². The summed E-state index contributed by atoms with van der Waals surface area (Å²) in [5.41, 5.74) is 1.06. The van der Waals surface area contributed by atoms with Gasteiger partial charge in [-0.15, -0.1) is 32.9 Å². The Morgan fingerprint density at radius 2 is 2.20 bits per heavy atom. The third kappa shape index (κ3) is 3.48. The van der Waals surface area contributed by atoms with E-state index in [1.165, 1.54) is 10.4 Å². The molecule has 1 amide bonds. The van der Waals surface area contributed by atoms with Crippen LogP contribution in [0.15, 0.2) is 6.07 Å². The molecule has 1 saturated heterocycles. The molecule has 0 unspecified atom stereocenters. The Bertz CT molecular complexity index is 765. The van der Waals surface area contributed by atoms with Crippen molar-refractivity contribution in [1.82, 2.24) is 20.8 Å². The highest BCUT2D eigenvalue weighted by Gasteiger charge is 2.40. The van der Waals surface area contributed by atoms with Crippen LogP contribution in [0.5, 0.6) is 0 Å². The molecule has 0 atom stereocenters. The van der Waals surface area contributed by atoms with E-state index in [1.54, 1.807) is 22.7 Å². The molecule has 0 saturated carbocycles. The first-order valence-electron chi connectivity index (χ1n) is 8.71. The summed E-state index contributed by atoms with van der Waals surface area (Å²) in [5, 5.41) is 16.4. The molecule has 1 spiro atoms. The Balaban J connectivity index is 1.43. The smallest absolute Gasteiger partial charge is 0.261 e. The molecule has 0 aliphatic carbocycles. The summed E-state index contributed by atoms with van der Waals surface area (Å²) in [6.07, 6.45) is 3.59. The first kappa shape index (κ1) is 17.1. The maximum absolute atomic E-state index is 12.5. The van der Waals surface area contributed by atoms with E-state index in [4.69, 9.17) is 4.74 Å². The number of fused-ring (bicyclic) bond motifs is 2. The number of thiophene rings is 1. The lowest BCUT2D eigenvalue weighted by atomic mass is 9.83. The second kappa shape index (κ2) is 7.11. The van der Waals surface area contributed by atoms with Gasteiger partial charge in [0.2, 0.25) is 0 Å². The molecule has 1 fully saturated rings. The van der Waals surface area contributed by atoms with Gasteiger partial charge in [-0.1, -0.05) is 0 Å². The molecule has 8 heteroatoms. The fraction of sp³-hybridized carbons (Fsp3) is 0.588. The van der Waals surface area contributed by atoms with E-state index >= 15 is 0 Å². The predicted octanol–water partition coefficient (Wildman–Crippen LogP) is 2.03. The van der Waals surface area contributed by atoms with Gasteiger partial charge >= 0.3 is 0 Å². The van der Waals surface area contributed by atoms with E-state index in [0.29, 0.717) is 6.54 Å². The van der Waals surface area contributed by atoms with Gasteiger partial charge < -0.3 is 15.4 Å². The minimum absolute atomic E-state index is 0.00437. The molecule has 2 N–H and O–H groups in total. The van der Waals surface area contributed by atoms with Gasteiger partial charge in [-0.3, -0.25) is 4.79 Å². The van der Waals surface area contributed by atoms with E-state index in [1.807, 2.05) is 6.92 Å². The fourth-order valence-electron chi connectivity index (χ4n) is 3.58. The van der Waals surface area contributed by atoms with Crippen LogP contribution in [-0.2, 0) is 23.2 Å².